The molecule has 1 heterocycles. The third-order valence-electron chi connectivity index (χ3n) is 4.28. The maximum Gasteiger partial charge on any atom is 0.239 e. The van der Waals surface area contributed by atoms with E-state index in [0.717, 1.165) is 17.9 Å². The summed E-state index contributed by atoms with van der Waals surface area (Å²) in [6.07, 6.45) is 1.44. The number of aliphatic hydroxyl groups is 1. The van der Waals surface area contributed by atoms with Crippen LogP contribution in [0.3, 0.4) is 0 Å². The topological polar surface area (TPSA) is 61.8 Å². The van der Waals surface area contributed by atoms with Gasteiger partial charge in [-0.25, -0.2) is 0 Å². The highest BCUT2D eigenvalue weighted by Crippen LogP contribution is 2.27. The molecule has 0 fully saturated rings. The molecule has 3 rings (SSSR count). The highest BCUT2D eigenvalue weighted by atomic mass is 16.5. The van der Waals surface area contributed by atoms with Gasteiger partial charge in [0.1, 0.15) is 11.9 Å². The van der Waals surface area contributed by atoms with Crippen LogP contribution in [0.4, 0.5) is 5.69 Å². The average molecular weight is 340 g/mol. The fourth-order valence-electron chi connectivity index (χ4n) is 3.02. The van der Waals surface area contributed by atoms with E-state index in [4.69, 9.17) is 9.84 Å². The van der Waals surface area contributed by atoms with Crippen LogP contribution in [-0.2, 0) is 11.2 Å². The second kappa shape index (κ2) is 8.53. The number of nitrogens with one attached hydrogen (secondary N) is 1. The number of para-hydroxylation sites is 2. The minimum Gasteiger partial charge on any atom is -0.488 e. The van der Waals surface area contributed by atoms with Gasteiger partial charge in [-0.2, -0.15) is 0 Å². The molecule has 0 radical (unpaired) electrons. The predicted molar refractivity (Wildman–Crippen MR) is 97.9 cm³/mol. The summed E-state index contributed by atoms with van der Waals surface area (Å²) < 4.78 is 5.85. The quantitative estimate of drug-likeness (QED) is 0.772. The molecule has 1 aliphatic rings. The van der Waals surface area contributed by atoms with E-state index in [1.807, 2.05) is 53.4 Å². The number of amides is 1. The first-order chi connectivity index (χ1) is 12.3. The van der Waals surface area contributed by atoms with E-state index in [2.05, 4.69) is 11.4 Å². The van der Waals surface area contributed by atoms with Crippen molar-refractivity contribution in [1.29, 1.82) is 0 Å². The van der Waals surface area contributed by atoms with E-state index in [1.165, 1.54) is 5.56 Å². The van der Waals surface area contributed by atoms with Gasteiger partial charge < -0.3 is 20.1 Å². The van der Waals surface area contributed by atoms with E-state index in [9.17, 15) is 4.79 Å². The van der Waals surface area contributed by atoms with E-state index in [1.54, 1.807) is 0 Å². The normalized spacial score (nSPS) is 15.3. The Morgan fingerprint density at radius 3 is 2.68 bits per heavy atom. The fraction of sp³-hybridized carbons (Fsp3) is 0.350. The fourth-order valence-corrected chi connectivity index (χ4v) is 3.02. The van der Waals surface area contributed by atoms with E-state index in [0.29, 0.717) is 19.5 Å². The maximum absolute atomic E-state index is 12.3. The zero-order chi connectivity index (χ0) is 17.5. The van der Waals surface area contributed by atoms with Crippen molar-refractivity contribution in [1.82, 2.24) is 5.32 Å². The van der Waals surface area contributed by atoms with Gasteiger partial charge in [0.2, 0.25) is 5.91 Å². The Bertz CT molecular complexity index is 665. The summed E-state index contributed by atoms with van der Waals surface area (Å²) in [7, 11) is 0. The van der Waals surface area contributed by atoms with Crippen molar-refractivity contribution in [2.45, 2.75) is 18.9 Å². The molecule has 2 aromatic carbocycles. The number of aliphatic hydroxyl groups excluding tert-OH is 1. The number of hydrogen-bond donors (Lipinski definition) is 2. The largest absolute Gasteiger partial charge is 0.488 e. The average Bonchev–Trinajstić information content (AvgIpc) is 3.07. The molecule has 5 heteroatoms. The van der Waals surface area contributed by atoms with Gasteiger partial charge in [-0.15, -0.1) is 0 Å². The third kappa shape index (κ3) is 4.73. The summed E-state index contributed by atoms with van der Waals surface area (Å²) in [6.45, 7) is 1.51. The monoisotopic (exact) mass is 340 g/mol. The van der Waals surface area contributed by atoms with Gasteiger partial charge in [-0.3, -0.25) is 4.79 Å². The van der Waals surface area contributed by atoms with Crippen LogP contribution in [-0.4, -0.2) is 43.4 Å². The van der Waals surface area contributed by atoms with E-state index < -0.39 is 0 Å². The van der Waals surface area contributed by atoms with Crippen molar-refractivity contribution < 1.29 is 14.6 Å². The van der Waals surface area contributed by atoms with Gasteiger partial charge in [0.25, 0.3) is 0 Å². The van der Waals surface area contributed by atoms with Gasteiger partial charge in [0.15, 0.2) is 0 Å². The zero-order valence-electron chi connectivity index (χ0n) is 14.2. The Morgan fingerprint density at radius 1 is 1.16 bits per heavy atom. The van der Waals surface area contributed by atoms with Crippen LogP contribution in [0, 0.1) is 0 Å². The molecule has 1 unspecified atom stereocenters. The number of anilines is 1. The molecule has 2 aromatic rings. The van der Waals surface area contributed by atoms with Crippen molar-refractivity contribution in [3.63, 3.8) is 0 Å². The standard InChI is InChI=1S/C20H24N2O3/c23-12-6-11-22(17-8-2-1-3-9-17)15-20(24)21-14-18-13-16-7-4-5-10-19(16)25-18/h1-5,7-10,18,23H,6,11-15H2,(H,21,24). The van der Waals surface area contributed by atoms with Crippen LogP contribution in [0.1, 0.15) is 12.0 Å². The lowest BCUT2D eigenvalue weighted by molar-refractivity contribution is -0.120. The molecular formula is C20H24N2O3. The highest BCUT2D eigenvalue weighted by Gasteiger charge is 2.23. The van der Waals surface area contributed by atoms with Crippen LogP contribution in [0.2, 0.25) is 0 Å². The molecule has 2 N–H and O–H groups in total. The van der Waals surface area contributed by atoms with Gasteiger partial charge in [-0.05, 0) is 30.2 Å². The number of fused-ring (bicyclic) bond motifs is 1. The van der Waals surface area contributed by atoms with Crippen LogP contribution in [0.25, 0.3) is 0 Å². The Balaban J connectivity index is 1.50. The molecule has 0 spiro atoms. The maximum atomic E-state index is 12.3. The number of nitrogens with zero attached hydrogens (tertiary/aromatic N) is 1. The van der Waals surface area contributed by atoms with E-state index in [-0.39, 0.29) is 25.2 Å². The Hall–Kier alpha value is -2.53. The second-order valence-corrected chi connectivity index (χ2v) is 6.19. The smallest absolute Gasteiger partial charge is 0.239 e. The lowest BCUT2D eigenvalue weighted by atomic mass is 10.1. The van der Waals surface area contributed by atoms with Crippen molar-refractivity contribution in [3.05, 3.63) is 60.2 Å². The molecule has 0 saturated heterocycles. The molecule has 25 heavy (non-hydrogen) atoms. The molecule has 132 valence electrons. The number of carbonyl (C=O) groups excluding carboxylic acids is 1. The molecule has 5 nitrogen and oxygen atoms in total. The summed E-state index contributed by atoms with van der Waals surface area (Å²) in [5.41, 5.74) is 2.17. The van der Waals surface area contributed by atoms with Gasteiger partial charge in [0.05, 0.1) is 13.1 Å². The molecule has 0 aliphatic carbocycles. The molecule has 0 bridgehead atoms. The lowest BCUT2D eigenvalue weighted by Crippen LogP contribution is -2.41. The number of ether oxygens (including phenoxy) is 1. The van der Waals surface area contributed by atoms with Crippen LogP contribution >= 0.6 is 0 Å². The van der Waals surface area contributed by atoms with Crippen LogP contribution in [0.15, 0.2) is 54.6 Å². The molecule has 0 aromatic heterocycles. The first kappa shape index (κ1) is 17.3. The predicted octanol–water partition coefficient (Wildman–Crippen LogP) is 2.00. The third-order valence-corrected chi connectivity index (χ3v) is 4.28. The molecule has 1 amide bonds. The first-order valence-corrected chi connectivity index (χ1v) is 8.68. The summed E-state index contributed by atoms with van der Waals surface area (Å²) in [4.78, 5) is 14.3. The Kier molecular flexibility index (Phi) is 5.90. The van der Waals surface area contributed by atoms with Crippen molar-refractivity contribution in [2.24, 2.45) is 0 Å². The SMILES string of the molecule is O=C(CN(CCCO)c1ccccc1)NCC1Cc2ccccc2O1. The lowest BCUT2D eigenvalue weighted by Gasteiger charge is -2.24. The Labute approximate surface area is 148 Å². The van der Waals surface area contributed by atoms with E-state index >= 15 is 0 Å². The van der Waals surface area contributed by atoms with Gasteiger partial charge in [0, 0.05) is 25.3 Å². The zero-order valence-corrected chi connectivity index (χ0v) is 14.2. The van der Waals surface area contributed by atoms with Crippen LogP contribution < -0.4 is 15.0 Å². The van der Waals surface area contributed by atoms with Crippen LogP contribution in [0.5, 0.6) is 5.75 Å². The van der Waals surface area contributed by atoms with Crippen molar-refractivity contribution in [2.75, 3.05) is 31.1 Å². The minimum absolute atomic E-state index is 0.0102. The summed E-state index contributed by atoms with van der Waals surface area (Å²) in [5.74, 6) is 0.872. The summed E-state index contributed by atoms with van der Waals surface area (Å²) >= 11 is 0. The molecular weight excluding hydrogens is 316 g/mol. The number of benzene rings is 2. The molecule has 0 saturated carbocycles. The number of carbonyl (C=O) groups is 1. The Morgan fingerprint density at radius 2 is 1.92 bits per heavy atom. The first-order valence-electron chi connectivity index (χ1n) is 8.68. The van der Waals surface area contributed by atoms with Crippen molar-refractivity contribution >= 4 is 11.6 Å². The summed E-state index contributed by atoms with van der Waals surface area (Å²) in [5, 5.41) is 12.1. The molecule has 1 aliphatic heterocycles. The highest BCUT2D eigenvalue weighted by molar-refractivity contribution is 5.81. The summed E-state index contributed by atoms with van der Waals surface area (Å²) in [6, 6.07) is 17.8. The van der Waals surface area contributed by atoms with Crippen molar-refractivity contribution in [3.8, 4) is 5.75 Å². The number of rotatable bonds is 8. The number of hydrogen-bond acceptors (Lipinski definition) is 4. The molecule has 1 atom stereocenters. The second-order valence-electron chi connectivity index (χ2n) is 6.19. The van der Waals surface area contributed by atoms with Gasteiger partial charge >= 0.3 is 0 Å². The minimum atomic E-state index is -0.0404. The van der Waals surface area contributed by atoms with Gasteiger partial charge in [-0.1, -0.05) is 36.4 Å².